The van der Waals surface area contributed by atoms with Gasteiger partial charge in [-0.3, -0.25) is 4.79 Å². The number of carbonyl (C=O) groups is 1. The molecule has 0 aromatic heterocycles. The Morgan fingerprint density at radius 3 is 2.45 bits per heavy atom. The molecule has 0 bridgehead atoms. The van der Waals surface area contributed by atoms with Crippen LogP contribution in [0.4, 0.5) is 0 Å². The lowest BCUT2D eigenvalue weighted by molar-refractivity contribution is -0.132. The van der Waals surface area contributed by atoms with Gasteiger partial charge in [0, 0.05) is 48.3 Å². The number of hydrogen-bond acceptors (Lipinski definition) is 3. The Kier molecular flexibility index (Phi) is 6.20. The number of hydrogen-bond donors (Lipinski definition) is 0. The predicted octanol–water partition coefficient (Wildman–Crippen LogP) is 2.99. The summed E-state index contributed by atoms with van der Waals surface area (Å²) in [4.78, 5) is 17.7. The topological polar surface area (TPSA) is 23.6 Å². The SMILES string of the molecule is CCN1CCN(C(=O)CCSc2ccc(Cl)cc2)CC1. The van der Waals surface area contributed by atoms with Crippen LogP contribution in [0.1, 0.15) is 13.3 Å². The molecule has 1 aliphatic rings. The zero-order valence-corrected chi connectivity index (χ0v) is 13.4. The van der Waals surface area contributed by atoms with Crippen LogP contribution < -0.4 is 0 Å². The Bertz CT molecular complexity index is 430. The van der Waals surface area contributed by atoms with Gasteiger partial charge in [-0.25, -0.2) is 0 Å². The summed E-state index contributed by atoms with van der Waals surface area (Å²) in [5, 5.41) is 0.749. The molecule has 0 saturated carbocycles. The summed E-state index contributed by atoms with van der Waals surface area (Å²) < 4.78 is 0. The lowest BCUT2D eigenvalue weighted by Crippen LogP contribution is -2.48. The second-order valence-corrected chi connectivity index (χ2v) is 6.47. The van der Waals surface area contributed by atoms with Crippen molar-refractivity contribution in [3.05, 3.63) is 29.3 Å². The van der Waals surface area contributed by atoms with E-state index in [0.29, 0.717) is 6.42 Å². The largest absolute Gasteiger partial charge is 0.340 e. The van der Waals surface area contributed by atoms with Crippen LogP contribution in [0.2, 0.25) is 5.02 Å². The average molecular weight is 313 g/mol. The van der Waals surface area contributed by atoms with E-state index in [1.807, 2.05) is 29.2 Å². The number of carbonyl (C=O) groups excluding carboxylic acids is 1. The number of piperazine rings is 1. The van der Waals surface area contributed by atoms with Crippen molar-refractivity contribution < 1.29 is 4.79 Å². The van der Waals surface area contributed by atoms with Crippen LogP contribution in [0.3, 0.4) is 0 Å². The van der Waals surface area contributed by atoms with Crippen molar-refractivity contribution in [3.8, 4) is 0 Å². The summed E-state index contributed by atoms with van der Waals surface area (Å²) in [6.07, 6.45) is 0.611. The quantitative estimate of drug-likeness (QED) is 0.781. The van der Waals surface area contributed by atoms with Crippen molar-refractivity contribution in [1.29, 1.82) is 0 Å². The molecule has 1 heterocycles. The fourth-order valence-corrected chi connectivity index (χ4v) is 3.23. The van der Waals surface area contributed by atoms with Gasteiger partial charge in [0.15, 0.2) is 0 Å². The molecule has 1 aromatic rings. The maximum atomic E-state index is 12.1. The van der Waals surface area contributed by atoms with Gasteiger partial charge in [0.25, 0.3) is 0 Å². The van der Waals surface area contributed by atoms with E-state index in [1.54, 1.807) is 11.8 Å². The fraction of sp³-hybridized carbons (Fsp3) is 0.533. The predicted molar refractivity (Wildman–Crippen MR) is 85.5 cm³/mol. The Hall–Kier alpha value is -0.710. The van der Waals surface area contributed by atoms with Crippen LogP contribution in [0.15, 0.2) is 29.2 Å². The third kappa shape index (κ3) is 4.69. The number of thioether (sulfide) groups is 1. The molecule has 3 nitrogen and oxygen atoms in total. The maximum absolute atomic E-state index is 12.1. The van der Waals surface area contributed by atoms with Crippen molar-refractivity contribution in [1.82, 2.24) is 9.80 Å². The lowest BCUT2D eigenvalue weighted by atomic mass is 10.3. The normalized spacial score (nSPS) is 16.4. The first-order chi connectivity index (χ1) is 9.69. The number of halogens is 1. The van der Waals surface area contributed by atoms with Gasteiger partial charge in [-0.1, -0.05) is 18.5 Å². The summed E-state index contributed by atoms with van der Waals surface area (Å²) >= 11 is 7.56. The molecule has 0 N–H and O–H groups in total. The molecular weight excluding hydrogens is 292 g/mol. The van der Waals surface area contributed by atoms with Gasteiger partial charge in [0.2, 0.25) is 5.91 Å². The molecule has 0 spiro atoms. The van der Waals surface area contributed by atoms with E-state index < -0.39 is 0 Å². The van der Waals surface area contributed by atoms with E-state index in [2.05, 4.69) is 11.8 Å². The highest BCUT2D eigenvalue weighted by Gasteiger charge is 2.19. The molecule has 20 heavy (non-hydrogen) atoms. The molecule has 1 saturated heterocycles. The van der Waals surface area contributed by atoms with E-state index in [1.165, 1.54) is 0 Å². The summed E-state index contributed by atoms with van der Waals surface area (Å²) in [5.74, 6) is 1.11. The Labute approximate surface area is 130 Å². The van der Waals surface area contributed by atoms with Crippen LogP contribution in [0.5, 0.6) is 0 Å². The number of likely N-dealkylation sites (N-methyl/N-ethyl adjacent to an activating group) is 1. The van der Waals surface area contributed by atoms with Crippen LogP contribution in [0, 0.1) is 0 Å². The highest BCUT2D eigenvalue weighted by atomic mass is 35.5. The highest BCUT2D eigenvalue weighted by Crippen LogP contribution is 2.21. The standard InChI is InChI=1S/C15H21ClN2OS/c1-2-17-8-10-18(11-9-17)15(19)7-12-20-14-5-3-13(16)4-6-14/h3-6H,2,7-12H2,1H3. The average Bonchev–Trinajstić information content (AvgIpc) is 2.49. The number of nitrogens with zero attached hydrogens (tertiary/aromatic N) is 2. The molecule has 0 unspecified atom stereocenters. The first-order valence-corrected chi connectivity index (χ1v) is 8.44. The van der Waals surface area contributed by atoms with Crippen LogP contribution in [-0.4, -0.2) is 54.2 Å². The number of amides is 1. The van der Waals surface area contributed by atoms with E-state index in [9.17, 15) is 4.79 Å². The second-order valence-electron chi connectivity index (χ2n) is 4.87. The van der Waals surface area contributed by atoms with Gasteiger partial charge >= 0.3 is 0 Å². The summed E-state index contributed by atoms with van der Waals surface area (Å²) in [6.45, 7) is 7.00. The third-order valence-electron chi connectivity index (χ3n) is 3.57. The Morgan fingerprint density at radius 2 is 1.85 bits per heavy atom. The monoisotopic (exact) mass is 312 g/mol. The van der Waals surface area contributed by atoms with E-state index in [0.717, 1.165) is 48.4 Å². The molecule has 0 atom stereocenters. The number of benzene rings is 1. The van der Waals surface area contributed by atoms with Crippen LogP contribution in [0.25, 0.3) is 0 Å². The highest BCUT2D eigenvalue weighted by molar-refractivity contribution is 7.99. The molecule has 5 heteroatoms. The van der Waals surface area contributed by atoms with Crippen molar-refractivity contribution in [2.75, 3.05) is 38.5 Å². The smallest absolute Gasteiger partial charge is 0.223 e. The third-order valence-corrected chi connectivity index (χ3v) is 4.84. The molecule has 1 aromatic carbocycles. The minimum absolute atomic E-state index is 0.280. The van der Waals surface area contributed by atoms with Gasteiger partial charge in [-0.15, -0.1) is 11.8 Å². The lowest BCUT2D eigenvalue weighted by Gasteiger charge is -2.34. The van der Waals surface area contributed by atoms with E-state index >= 15 is 0 Å². The molecular formula is C15H21ClN2OS. The van der Waals surface area contributed by atoms with Crippen molar-refractivity contribution >= 4 is 29.3 Å². The zero-order chi connectivity index (χ0) is 14.4. The Balaban J connectivity index is 1.69. The van der Waals surface area contributed by atoms with Crippen LogP contribution in [-0.2, 0) is 4.79 Å². The zero-order valence-electron chi connectivity index (χ0n) is 11.8. The summed E-state index contributed by atoms with van der Waals surface area (Å²) in [7, 11) is 0. The fourth-order valence-electron chi connectivity index (χ4n) is 2.26. The van der Waals surface area contributed by atoms with Gasteiger partial charge in [-0.2, -0.15) is 0 Å². The first kappa shape index (κ1) is 15.7. The molecule has 110 valence electrons. The van der Waals surface area contributed by atoms with Gasteiger partial charge < -0.3 is 9.80 Å². The van der Waals surface area contributed by atoms with Gasteiger partial charge in [0.05, 0.1) is 0 Å². The van der Waals surface area contributed by atoms with Crippen molar-refractivity contribution in [2.45, 2.75) is 18.2 Å². The number of rotatable bonds is 5. The first-order valence-electron chi connectivity index (χ1n) is 7.07. The summed E-state index contributed by atoms with van der Waals surface area (Å²) in [6, 6.07) is 7.76. The van der Waals surface area contributed by atoms with Gasteiger partial charge in [0.1, 0.15) is 0 Å². The molecule has 1 aliphatic heterocycles. The van der Waals surface area contributed by atoms with Crippen molar-refractivity contribution in [2.24, 2.45) is 0 Å². The molecule has 2 rings (SSSR count). The van der Waals surface area contributed by atoms with Crippen LogP contribution >= 0.6 is 23.4 Å². The van der Waals surface area contributed by atoms with Crippen molar-refractivity contribution in [3.63, 3.8) is 0 Å². The Morgan fingerprint density at radius 1 is 1.20 bits per heavy atom. The van der Waals surface area contributed by atoms with E-state index in [4.69, 9.17) is 11.6 Å². The molecule has 0 radical (unpaired) electrons. The molecule has 0 aliphatic carbocycles. The minimum Gasteiger partial charge on any atom is -0.340 e. The van der Waals surface area contributed by atoms with Gasteiger partial charge in [-0.05, 0) is 30.8 Å². The maximum Gasteiger partial charge on any atom is 0.223 e. The van der Waals surface area contributed by atoms with E-state index in [-0.39, 0.29) is 5.91 Å². The summed E-state index contributed by atoms with van der Waals surface area (Å²) in [5.41, 5.74) is 0. The second kappa shape index (κ2) is 7.91. The molecule has 1 amide bonds. The molecule has 1 fully saturated rings. The minimum atomic E-state index is 0.280.